The lowest BCUT2D eigenvalue weighted by Gasteiger charge is -2.24. The highest BCUT2D eigenvalue weighted by molar-refractivity contribution is 5.95. The Morgan fingerprint density at radius 1 is 1.19 bits per heavy atom. The van der Waals surface area contributed by atoms with Gasteiger partial charge in [0.15, 0.2) is 0 Å². The molecule has 0 bridgehead atoms. The molecule has 1 amide bonds. The summed E-state index contributed by atoms with van der Waals surface area (Å²) in [6.45, 7) is 2.69. The molecule has 156 valence electrons. The summed E-state index contributed by atoms with van der Waals surface area (Å²) in [5.74, 6) is -0.0833. The average molecular weight is 413 g/mol. The number of carbonyl (C=O) groups is 1. The molecule has 2 aromatic carbocycles. The maximum atomic E-state index is 13.0. The molecule has 31 heavy (non-hydrogen) atoms. The zero-order chi connectivity index (χ0) is 21.2. The minimum absolute atomic E-state index is 0.0275. The van der Waals surface area contributed by atoms with E-state index in [1.165, 1.54) is 11.3 Å². The number of nitrogens with zero attached hydrogens (tertiary/aromatic N) is 6. The fraction of sp³-hybridized carbons (Fsp3) is 0.261. The number of nitrogens with one attached hydrogen (secondary N) is 1. The SMILES string of the molecule is Cc1cc(C(=O)N[C@H]2CCCc3c2cnn3Cc2ccccc2)ccc1-n1cnnn1. The number of aromatic nitrogens is 6. The number of amides is 1. The Bertz CT molecular complexity index is 1200. The first-order chi connectivity index (χ1) is 15.2. The highest BCUT2D eigenvalue weighted by atomic mass is 16.1. The molecule has 1 aliphatic rings. The number of hydrogen-bond donors (Lipinski definition) is 1. The van der Waals surface area contributed by atoms with Crippen LogP contribution in [-0.2, 0) is 13.0 Å². The van der Waals surface area contributed by atoms with Crippen molar-refractivity contribution in [2.45, 2.75) is 38.8 Å². The Morgan fingerprint density at radius 3 is 2.84 bits per heavy atom. The lowest BCUT2D eigenvalue weighted by molar-refractivity contribution is 0.0932. The number of hydrogen-bond acceptors (Lipinski definition) is 5. The molecule has 0 radical (unpaired) electrons. The third-order valence-electron chi connectivity index (χ3n) is 5.80. The van der Waals surface area contributed by atoms with Crippen LogP contribution in [0.3, 0.4) is 0 Å². The Morgan fingerprint density at radius 2 is 2.06 bits per heavy atom. The largest absolute Gasteiger partial charge is 0.345 e. The Hall–Kier alpha value is -3.81. The van der Waals surface area contributed by atoms with Gasteiger partial charge >= 0.3 is 0 Å². The van der Waals surface area contributed by atoms with E-state index in [-0.39, 0.29) is 11.9 Å². The van der Waals surface area contributed by atoms with Crippen LogP contribution in [0.4, 0.5) is 0 Å². The zero-order valence-corrected chi connectivity index (χ0v) is 17.3. The highest BCUT2D eigenvalue weighted by Gasteiger charge is 2.26. The van der Waals surface area contributed by atoms with Gasteiger partial charge in [0.05, 0.1) is 24.5 Å². The van der Waals surface area contributed by atoms with E-state index >= 15 is 0 Å². The van der Waals surface area contributed by atoms with E-state index in [1.807, 2.05) is 49.5 Å². The van der Waals surface area contributed by atoms with E-state index in [2.05, 4.69) is 42.8 Å². The second-order valence-corrected chi connectivity index (χ2v) is 7.86. The van der Waals surface area contributed by atoms with Gasteiger partial charge in [-0.25, -0.2) is 4.68 Å². The van der Waals surface area contributed by atoms with Gasteiger partial charge in [0, 0.05) is 16.8 Å². The summed E-state index contributed by atoms with van der Waals surface area (Å²) < 4.78 is 3.65. The second kappa shape index (κ2) is 8.14. The summed E-state index contributed by atoms with van der Waals surface area (Å²) >= 11 is 0. The van der Waals surface area contributed by atoms with Crippen LogP contribution in [0.25, 0.3) is 5.69 Å². The summed E-state index contributed by atoms with van der Waals surface area (Å²) in [5, 5.41) is 19.1. The van der Waals surface area contributed by atoms with Gasteiger partial charge in [0.1, 0.15) is 6.33 Å². The topological polar surface area (TPSA) is 90.5 Å². The first-order valence-electron chi connectivity index (χ1n) is 10.4. The summed E-state index contributed by atoms with van der Waals surface area (Å²) in [5.41, 5.74) is 5.96. The molecule has 2 aromatic heterocycles. The minimum atomic E-state index is -0.0833. The van der Waals surface area contributed by atoms with Crippen molar-refractivity contribution in [1.82, 2.24) is 35.3 Å². The monoisotopic (exact) mass is 413 g/mol. The minimum Gasteiger partial charge on any atom is -0.345 e. The van der Waals surface area contributed by atoms with Crippen LogP contribution in [0.1, 0.15) is 51.6 Å². The summed E-state index contributed by atoms with van der Waals surface area (Å²) in [7, 11) is 0. The first-order valence-corrected chi connectivity index (χ1v) is 10.4. The van der Waals surface area contributed by atoms with Crippen molar-refractivity contribution in [3.8, 4) is 5.69 Å². The molecule has 0 spiro atoms. The lowest BCUT2D eigenvalue weighted by atomic mass is 9.92. The van der Waals surface area contributed by atoms with Gasteiger partial charge in [-0.1, -0.05) is 30.3 Å². The molecule has 0 unspecified atom stereocenters. The Kier molecular flexibility index (Phi) is 5.03. The number of rotatable bonds is 5. The van der Waals surface area contributed by atoms with Gasteiger partial charge in [-0.05, 0) is 65.9 Å². The predicted molar refractivity (Wildman–Crippen MR) is 115 cm³/mol. The normalized spacial score (nSPS) is 15.5. The van der Waals surface area contributed by atoms with Gasteiger partial charge in [-0.2, -0.15) is 5.10 Å². The summed E-state index contributed by atoms with van der Waals surface area (Å²) in [4.78, 5) is 13.0. The van der Waals surface area contributed by atoms with Gasteiger partial charge < -0.3 is 5.32 Å². The smallest absolute Gasteiger partial charge is 0.251 e. The molecule has 1 N–H and O–H groups in total. The van der Waals surface area contributed by atoms with Crippen molar-refractivity contribution in [3.63, 3.8) is 0 Å². The van der Waals surface area contributed by atoms with Crippen LogP contribution in [0, 0.1) is 6.92 Å². The predicted octanol–water partition coefficient (Wildman–Crippen LogP) is 3.02. The molecule has 1 atom stereocenters. The van der Waals surface area contributed by atoms with E-state index in [0.717, 1.165) is 42.6 Å². The lowest BCUT2D eigenvalue weighted by Crippen LogP contribution is -2.31. The standard InChI is InChI=1S/C23H23N7O/c1-16-12-18(10-11-21(16)30-15-24-27-28-30)23(31)26-20-8-5-9-22-19(20)13-25-29(22)14-17-6-3-2-4-7-17/h2-4,6-7,10-13,15,20H,5,8-9,14H2,1H3,(H,26,31)/t20-/m0/s1. The molecule has 4 aromatic rings. The number of carbonyl (C=O) groups excluding carboxylic acids is 1. The van der Waals surface area contributed by atoms with Crippen molar-refractivity contribution >= 4 is 5.91 Å². The fourth-order valence-electron chi connectivity index (χ4n) is 4.23. The highest BCUT2D eigenvalue weighted by Crippen LogP contribution is 2.30. The maximum absolute atomic E-state index is 13.0. The van der Waals surface area contributed by atoms with Gasteiger partial charge in [-0.15, -0.1) is 5.10 Å². The van der Waals surface area contributed by atoms with Crippen LogP contribution in [0.5, 0.6) is 0 Å². The van der Waals surface area contributed by atoms with Crippen molar-refractivity contribution in [1.29, 1.82) is 0 Å². The quantitative estimate of drug-likeness (QED) is 0.543. The van der Waals surface area contributed by atoms with Crippen LogP contribution >= 0.6 is 0 Å². The molecule has 0 fully saturated rings. The van der Waals surface area contributed by atoms with Crippen molar-refractivity contribution < 1.29 is 4.79 Å². The van der Waals surface area contributed by atoms with Gasteiger partial charge in [0.2, 0.25) is 0 Å². The molecule has 5 rings (SSSR count). The maximum Gasteiger partial charge on any atom is 0.251 e. The molecule has 8 nitrogen and oxygen atoms in total. The molecule has 0 aliphatic heterocycles. The Balaban J connectivity index is 1.33. The summed E-state index contributed by atoms with van der Waals surface area (Å²) in [6.07, 6.45) is 6.37. The van der Waals surface area contributed by atoms with E-state index in [9.17, 15) is 4.79 Å². The molecular formula is C23H23N7O. The van der Waals surface area contributed by atoms with Crippen molar-refractivity contribution in [3.05, 3.63) is 89.0 Å². The van der Waals surface area contributed by atoms with Crippen LogP contribution in [0.2, 0.25) is 0 Å². The fourth-order valence-corrected chi connectivity index (χ4v) is 4.23. The van der Waals surface area contributed by atoms with Crippen LogP contribution in [-0.4, -0.2) is 35.9 Å². The number of benzene rings is 2. The van der Waals surface area contributed by atoms with Gasteiger partial charge in [0.25, 0.3) is 5.91 Å². The van der Waals surface area contributed by atoms with E-state index in [0.29, 0.717) is 5.56 Å². The third-order valence-corrected chi connectivity index (χ3v) is 5.80. The Labute approximate surface area is 179 Å². The zero-order valence-electron chi connectivity index (χ0n) is 17.3. The number of tetrazole rings is 1. The van der Waals surface area contributed by atoms with E-state index in [1.54, 1.807) is 11.0 Å². The van der Waals surface area contributed by atoms with Crippen molar-refractivity contribution in [2.75, 3.05) is 0 Å². The average Bonchev–Trinajstić information content (AvgIpc) is 3.46. The van der Waals surface area contributed by atoms with Crippen LogP contribution < -0.4 is 5.32 Å². The van der Waals surface area contributed by atoms with E-state index in [4.69, 9.17) is 0 Å². The summed E-state index contributed by atoms with van der Waals surface area (Å²) in [6, 6.07) is 15.8. The first kappa shape index (κ1) is 19.2. The van der Waals surface area contributed by atoms with Crippen LogP contribution in [0.15, 0.2) is 61.1 Å². The molecule has 8 heteroatoms. The molecule has 2 heterocycles. The van der Waals surface area contributed by atoms with Gasteiger partial charge in [-0.3, -0.25) is 9.48 Å². The molecular weight excluding hydrogens is 390 g/mol. The number of fused-ring (bicyclic) bond motifs is 1. The van der Waals surface area contributed by atoms with Crippen molar-refractivity contribution in [2.24, 2.45) is 0 Å². The third kappa shape index (κ3) is 3.84. The molecule has 0 saturated heterocycles. The number of aryl methyl sites for hydroxylation is 1. The molecule has 0 saturated carbocycles. The second-order valence-electron chi connectivity index (χ2n) is 7.86. The van der Waals surface area contributed by atoms with E-state index < -0.39 is 0 Å². The molecule has 1 aliphatic carbocycles.